The van der Waals surface area contributed by atoms with Gasteiger partial charge in [0.15, 0.2) is 5.96 Å². The quantitative estimate of drug-likeness (QED) is 0.362. The monoisotopic (exact) mass is 338 g/mol. The van der Waals surface area contributed by atoms with Gasteiger partial charge < -0.3 is 20.3 Å². The lowest BCUT2D eigenvalue weighted by molar-refractivity contribution is -0.130. The Kier molecular flexibility index (Phi) is 8.95. The average molecular weight is 338 g/mol. The molecule has 0 aromatic heterocycles. The van der Waals surface area contributed by atoms with Gasteiger partial charge in [-0.3, -0.25) is 9.79 Å². The molecule has 0 bridgehead atoms. The highest BCUT2D eigenvalue weighted by atomic mass is 16.5. The second kappa shape index (κ2) is 11.3. The smallest absolute Gasteiger partial charge is 0.222 e. The van der Waals surface area contributed by atoms with Gasteiger partial charge in [0.2, 0.25) is 5.91 Å². The van der Waals surface area contributed by atoms with Crippen LogP contribution in [0.3, 0.4) is 0 Å². The molecule has 138 valence electrons. The van der Waals surface area contributed by atoms with Gasteiger partial charge >= 0.3 is 0 Å². The van der Waals surface area contributed by atoms with Crippen LogP contribution in [-0.4, -0.2) is 62.7 Å². The summed E-state index contributed by atoms with van der Waals surface area (Å²) in [5.41, 5.74) is 0. The van der Waals surface area contributed by atoms with Crippen molar-refractivity contribution in [3.63, 3.8) is 0 Å². The van der Waals surface area contributed by atoms with Crippen molar-refractivity contribution in [2.45, 2.75) is 51.9 Å². The van der Waals surface area contributed by atoms with Crippen LogP contribution in [0, 0.1) is 5.92 Å². The van der Waals surface area contributed by atoms with E-state index in [2.05, 4.69) is 22.5 Å². The molecule has 24 heavy (non-hydrogen) atoms. The first kappa shape index (κ1) is 19.0. The van der Waals surface area contributed by atoms with E-state index < -0.39 is 0 Å². The summed E-state index contributed by atoms with van der Waals surface area (Å²) in [6, 6.07) is 0. The number of rotatable bonds is 10. The molecule has 1 saturated carbocycles. The molecular formula is C18H34N4O2. The van der Waals surface area contributed by atoms with Crippen LogP contribution in [0.15, 0.2) is 4.99 Å². The molecule has 2 N–H and O–H groups in total. The SMILES string of the molecule is CCNC(=NCCCN1CCCCCC1=O)NCCOCC1CC1. The lowest BCUT2D eigenvalue weighted by Gasteiger charge is -2.20. The fraction of sp³-hybridized carbons (Fsp3) is 0.889. The molecule has 6 nitrogen and oxygen atoms in total. The van der Waals surface area contributed by atoms with Crippen molar-refractivity contribution in [2.24, 2.45) is 10.9 Å². The number of hydrogen-bond donors (Lipinski definition) is 2. The minimum absolute atomic E-state index is 0.314. The third-order valence-corrected chi connectivity index (χ3v) is 4.46. The zero-order chi connectivity index (χ0) is 17.0. The standard InChI is InChI=1S/C18H34N4O2/c1-2-19-18(21-11-14-24-15-16-8-9-16)20-10-6-13-22-12-5-3-4-7-17(22)23/h16H,2-15H2,1H3,(H2,19,20,21). The first-order valence-electron chi connectivity index (χ1n) is 9.67. The van der Waals surface area contributed by atoms with Gasteiger partial charge in [-0.05, 0) is 44.9 Å². The van der Waals surface area contributed by atoms with Crippen molar-refractivity contribution in [1.29, 1.82) is 0 Å². The van der Waals surface area contributed by atoms with Crippen LogP contribution in [-0.2, 0) is 9.53 Å². The van der Waals surface area contributed by atoms with Gasteiger partial charge in [0.05, 0.1) is 6.61 Å². The van der Waals surface area contributed by atoms with Crippen molar-refractivity contribution in [3.8, 4) is 0 Å². The number of nitrogens with zero attached hydrogens (tertiary/aromatic N) is 2. The predicted molar refractivity (Wildman–Crippen MR) is 97.2 cm³/mol. The molecule has 1 saturated heterocycles. The molecule has 6 heteroatoms. The van der Waals surface area contributed by atoms with Gasteiger partial charge in [0.1, 0.15) is 0 Å². The fourth-order valence-corrected chi connectivity index (χ4v) is 2.85. The van der Waals surface area contributed by atoms with Crippen LogP contribution in [0.2, 0.25) is 0 Å². The first-order valence-corrected chi connectivity index (χ1v) is 9.67. The fourth-order valence-electron chi connectivity index (χ4n) is 2.85. The van der Waals surface area contributed by atoms with Crippen LogP contribution in [0.1, 0.15) is 51.9 Å². The first-order chi connectivity index (χ1) is 11.8. The van der Waals surface area contributed by atoms with Crippen LogP contribution in [0.4, 0.5) is 0 Å². The van der Waals surface area contributed by atoms with Crippen molar-refractivity contribution in [1.82, 2.24) is 15.5 Å². The van der Waals surface area contributed by atoms with Crippen LogP contribution in [0.5, 0.6) is 0 Å². The van der Waals surface area contributed by atoms with E-state index in [0.29, 0.717) is 12.3 Å². The van der Waals surface area contributed by atoms with Crippen molar-refractivity contribution in [2.75, 3.05) is 45.9 Å². The number of carbonyl (C=O) groups excluding carboxylic acids is 1. The zero-order valence-corrected chi connectivity index (χ0v) is 15.2. The highest BCUT2D eigenvalue weighted by Gasteiger charge is 2.20. The third kappa shape index (κ3) is 7.99. The molecule has 1 amide bonds. The molecule has 2 aliphatic rings. The maximum atomic E-state index is 12.0. The van der Waals surface area contributed by atoms with Crippen molar-refractivity contribution in [3.05, 3.63) is 0 Å². The van der Waals surface area contributed by atoms with Gasteiger partial charge in [-0.1, -0.05) is 6.42 Å². The molecule has 2 rings (SSSR count). The van der Waals surface area contributed by atoms with Gasteiger partial charge in [-0.15, -0.1) is 0 Å². The number of ether oxygens (including phenoxy) is 1. The number of guanidine groups is 1. The lowest BCUT2D eigenvalue weighted by Crippen LogP contribution is -2.39. The second-order valence-electron chi connectivity index (χ2n) is 6.75. The summed E-state index contributed by atoms with van der Waals surface area (Å²) in [5.74, 6) is 1.97. The molecule has 0 atom stereocenters. The molecule has 0 aromatic rings. The van der Waals surface area contributed by atoms with E-state index in [9.17, 15) is 4.79 Å². The van der Waals surface area contributed by atoms with E-state index in [1.165, 1.54) is 19.3 Å². The van der Waals surface area contributed by atoms with Crippen molar-refractivity contribution >= 4 is 11.9 Å². The Morgan fingerprint density at radius 2 is 2.17 bits per heavy atom. The Hall–Kier alpha value is -1.30. The minimum Gasteiger partial charge on any atom is -0.379 e. The summed E-state index contributed by atoms with van der Waals surface area (Å²) < 4.78 is 5.63. The molecule has 1 heterocycles. The predicted octanol–water partition coefficient (Wildman–Crippen LogP) is 1.76. The molecule has 0 aromatic carbocycles. The van der Waals surface area contributed by atoms with E-state index in [4.69, 9.17) is 4.74 Å². The number of amides is 1. The maximum absolute atomic E-state index is 12.0. The highest BCUT2D eigenvalue weighted by molar-refractivity contribution is 5.79. The third-order valence-electron chi connectivity index (χ3n) is 4.46. The summed E-state index contributed by atoms with van der Waals surface area (Å²) >= 11 is 0. The summed E-state index contributed by atoms with van der Waals surface area (Å²) in [5, 5.41) is 6.56. The Bertz CT molecular complexity index is 396. The molecule has 0 spiro atoms. The number of carbonyl (C=O) groups is 1. The van der Waals surface area contributed by atoms with Gasteiger partial charge in [-0.25, -0.2) is 0 Å². The summed E-state index contributed by atoms with van der Waals surface area (Å²) in [6.45, 7) is 7.80. The van der Waals surface area contributed by atoms with Gasteiger partial charge in [0, 0.05) is 45.8 Å². The van der Waals surface area contributed by atoms with Crippen LogP contribution >= 0.6 is 0 Å². The largest absolute Gasteiger partial charge is 0.379 e. The molecule has 0 unspecified atom stereocenters. The average Bonchev–Trinajstić information content (AvgIpc) is 3.40. The Morgan fingerprint density at radius 3 is 2.96 bits per heavy atom. The van der Waals surface area contributed by atoms with E-state index in [1.807, 2.05) is 4.90 Å². The molecule has 1 aliphatic carbocycles. The highest BCUT2D eigenvalue weighted by Crippen LogP contribution is 2.28. The van der Waals surface area contributed by atoms with Crippen LogP contribution < -0.4 is 10.6 Å². The number of likely N-dealkylation sites (tertiary alicyclic amines) is 1. The molecule has 0 radical (unpaired) electrons. The zero-order valence-electron chi connectivity index (χ0n) is 15.2. The van der Waals surface area contributed by atoms with Crippen molar-refractivity contribution < 1.29 is 9.53 Å². The van der Waals surface area contributed by atoms with Gasteiger partial charge in [-0.2, -0.15) is 0 Å². The van der Waals surface area contributed by atoms with Gasteiger partial charge in [0.25, 0.3) is 0 Å². The lowest BCUT2D eigenvalue weighted by atomic mass is 10.2. The van der Waals surface area contributed by atoms with Crippen LogP contribution in [0.25, 0.3) is 0 Å². The minimum atomic E-state index is 0.314. The number of nitrogens with one attached hydrogen (secondary N) is 2. The number of aliphatic imine (C=N–C) groups is 1. The second-order valence-corrected chi connectivity index (χ2v) is 6.75. The topological polar surface area (TPSA) is 66.0 Å². The molecular weight excluding hydrogens is 304 g/mol. The normalized spacial score (nSPS) is 19.3. The van der Waals surface area contributed by atoms with E-state index in [-0.39, 0.29) is 0 Å². The summed E-state index contributed by atoms with van der Waals surface area (Å²) in [6.07, 6.45) is 7.66. The van der Waals surface area contributed by atoms with E-state index in [1.54, 1.807) is 0 Å². The molecule has 2 fully saturated rings. The summed E-state index contributed by atoms with van der Waals surface area (Å²) in [7, 11) is 0. The molecule has 1 aliphatic heterocycles. The Morgan fingerprint density at radius 1 is 1.29 bits per heavy atom. The summed E-state index contributed by atoms with van der Waals surface area (Å²) in [4.78, 5) is 18.6. The Labute approximate surface area is 146 Å². The van der Waals surface area contributed by atoms with E-state index in [0.717, 1.165) is 77.1 Å². The van der Waals surface area contributed by atoms with E-state index >= 15 is 0 Å². The Balaban J connectivity index is 1.59. The maximum Gasteiger partial charge on any atom is 0.222 e. The number of hydrogen-bond acceptors (Lipinski definition) is 3.